The van der Waals surface area contributed by atoms with Gasteiger partial charge in [0.1, 0.15) is 11.5 Å². The van der Waals surface area contributed by atoms with Crippen molar-refractivity contribution >= 4 is 28.7 Å². The van der Waals surface area contributed by atoms with Gasteiger partial charge in [0.05, 0.1) is 12.8 Å². The Morgan fingerprint density at radius 3 is 2.40 bits per heavy atom. The summed E-state index contributed by atoms with van der Waals surface area (Å²) in [5.74, 6) is -0.124. The quantitative estimate of drug-likeness (QED) is 0.471. The van der Waals surface area contributed by atoms with Gasteiger partial charge in [-0.05, 0) is 46.7 Å². The van der Waals surface area contributed by atoms with Crippen molar-refractivity contribution in [3.63, 3.8) is 0 Å². The van der Waals surface area contributed by atoms with E-state index in [1.54, 1.807) is 48.7 Å². The Kier molecular flexibility index (Phi) is 5.71. The van der Waals surface area contributed by atoms with E-state index in [9.17, 15) is 9.59 Å². The van der Waals surface area contributed by atoms with Crippen LogP contribution in [0.5, 0.6) is 0 Å². The maximum Gasteiger partial charge on any atom is 0.268 e. The first kappa shape index (κ1) is 19.2. The van der Waals surface area contributed by atoms with Crippen LogP contribution in [0.3, 0.4) is 0 Å². The number of hydrogen-bond donors (Lipinski definition) is 2. The molecule has 2 N–H and O–H groups in total. The third-order valence-corrected chi connectivity index (χ3v) is 4.66. The molecule has 0 aliphatic heterocycles. The van der Waals surface area contributed by atoms with E-state index in [-0.39, 0.29) is 18.1 Å². The topological polar surface area (TPSA) is 71.3 Å². The molecule has 0 bridgehead atoms. The molecular weight excluding hydrogens is 376 g/mol. The van der Waals surface area contributed by atoms with Gasteiger partial charge in [0.2, 0.25) is 0 Å². The maximum absolute atomic E-state index is 12.9. The number of carbonyl (C=O) groups excluding carboxylic acids is 2. The van der Waals surface area contributed by atoms with Crippen LogP contribution < -0.4 is 10.6 Å². The van der Waals surface area contributed by atoms with Gasteiger partial charge in [-0.25, -0.2) is 0 Å². The third-order valence-electron chi connectivity index (χ3n) is 4.66. The van der Waals surface area contributed by atoms with Crippen molar-refractivity contribution in [3.05, 3.63) is 114 Å². The highest BCUT2D eigenvalue weighted by molar-refractivity contribution is 6.06. The fourth-order valence-electron chi connectivity index (χ4n) is 3.15. The van der Waals surface area contributed by atoms with E-state index in [0.717, 1.165) is 16.3 Å². The van der Waals surface area contributed by atoms with Gasteiger partial charge in [-0.1, -0.05) is 60.7 Å². The zero-order valence-corrected chi connectivity index (χ0v) is 16.2. The molecule has 1 aromatic heterocycles. The van der Waals surface area contributed by atoms with E-state index in [0.29, 0.717) is 11.3 Å². The van der Waals surface area contributed by atoms with Crippen LogP contribution in [0, 0.1) is 0 Å². The predicted octanol–water partition coefficient (Wildman–Crippen LogP) is 4.52. The second kappa shape index (κ2) is 8.92. The van der Waals surface area contributed by atoms with Gasteiger partial charge in [-0.15, -0.1) is 0 Å². The Bertz CT molecular complexity index is 1190. The molecule has 0 atom stereocenters. The molecule has 5 nitrogen and oxygen atoms in total. The SMILES string of the molecule is O=C(NCc1ccco1)C(=Cc1cccc2ccccc12)NC(=O)c1ccccc1. The molecule has 148 valence electrons. The second-order valence-corrected chi connectivity index (χ2v) is 6.71. The Labute approximate surface area is 174 Å². The van der Waals surface area contributed by atoms with Crippen LogP contribution in [0.4, 0.5) is 0 Å². The number of carbonyl (C=O) groups is 2. The average molecular weight is 396 g/mol. The number of benzene rings is 3. The molecule has 3 aromatic carbocycles. The van der Waals surface area contributed by atoms with Gasteiger partial charge in [0.15, 0.2) is 0 Å². The van der Waals surface area contributed by atoms with Crippen LogP contribution in [0.1, 0.15) is 21.7 Å². The summed E-state index contributed by atoms with van der Waals surface area (Å²) < 4.78 is 5.27. The van der Waals surface area contributed by atoms with E-state index in [1.807, 2.05) is 48.5 Å². The molecule has 4 rings (SSSR count). The summed E-state index contributed by atoms with van der Waals surface area (Å²) in [6.45, 7) is 0.222. The Balaban J connectivity index is 1.66. The Morgan fingerprint density at radius 2 is 1.60 bits per heavy atom. The molecule has 0 aliphatic carbocycles. The number of amides is 2. The minimum absolute atomic E-state index is 0.159. The second-order valence-electron chi connectivity index (χ2n) is 6.71. The lowest BCUT2D eigenvalue weighted by Gasteiger charge is -2.11. The van der Waals surface area contributed by atoms with Crippen LogP contribution in [0.2, 0.25) is 0 Å². The Morgan fingerprint density at radius 1 is 0.833 bits per heavy atom. The predicted molar refractivity (Wildman–Crippen MR) is 116 cm³/mol. The monoisotopic (exact) mass is 396 g/mol. The molecule has 0 saturated heterocycles. The highest BCUT2D eigenvalue weighted by Gasteiger charge is 2.15. The lowest BCUT2D eigenvalue weighted by Crippen LogP contribution is -2.34. The van der Waals surface area contributed by atoms with Gasteiger partial charge in [-0.3, -0.25) is 9.59 Å². The normalized spacial score (nSPS) is 11.3. The Hall–Kier alpha value is -4.12. The van der Waals surface area contributed by atoms with Gasteiger partial charge >= 0.3 is 0 Å². The zero-order chi connectivity index (χ0) is 20.8. The van der Waals surface area contributed by atoms with Gasteiger partial charge < -0.3 is 15.1 Å². The van der Waals surface area contributed by atoms with Crippen molar-refractivity contribution in [1.29, 1.82) is 0 Å². The highest BCUT2D eigenvalue weighted by Crippen LogP contribution is 2.20. The molecule has 30 heavy (non-hydrogen) atoms. The van der Waals surface area contributed by atoms with Crippen molar-refractivity contribution in [1.82, 2.24) is 10.6 Å². The molecule has 2 amide bonds. The van der Waals surface area contributed by atoms with Crippen LogP contribution >= 0.6 is 0 Å². The molecule has 0 radical (unpaired) electrons. The summed E-state index contributed by atoms with van der Waals surface area (Å²) in [5, 5.41) is 7.59. The fourth-order valence-corrected chi connectivity index (χ4v) is 3.15. The maximum atomic E-state index is 12.9. The molecule has 0 aliphatic rings. The van der Waals surface area contributed by atoms with Gasteiger partial charge in [-0.2, -0.15) is 0 Å². The standard InChI is InChI=1S/C25H20N2O3/c28-24(19-9-2-1-3-10-19)27-23(25(29)26-17-21-13-7-15-30-21)16-20-12-6-11-18-8-4-5-14-22(18)20/h1-16H,17H2,(H,26,29)(H,27,28). The number of rotatable bonds is 6. The summed E-state index contributed by atoms with van der Waals surface area (Å²) in [6.07, 6.45) is 3.24. The molecule has 5 heteroatoms. The van der Waals surface area contributed by atoms with Gasteiger partial charge in [0.25, 0.3) is 11.8 Å². The van der Waals surface area contributed by atoms with E-state index in [2.05, 4.69) is 10.6 Å². The van der Waals surface area contributed by atoms with Crippen molar-refractivity contribution < 1.29 is 14.0 Å². The number of nitrogens with one attached hydrogen (secondary N) is 2. The summed E-state index contributed by atoms with van der Waals surface area (Å²) in [7, 11) is 0. The smallest absolute Gasteiger partial charge is 0.268 e. The largest absolute Gasteiger partial charge is 0.467 e. The lowest BCUT2D eigenvalue weighted by molar-refractivity contribution is -0.118. The average Bonchev–Trinajstić information content (AvgIpc) is 3.31. The van der Waals surface area contributed by atoms with Gasteiger partial charge in [0, 0.05) is 5.56 Å². The summed E-state index contributed by atoms with van der Waals surface area (Å²) in [5.41, 5.74) is 1.47. The molecule has 0 saturated carbocycles. The molecule has 0 unspecified atom stereocenters. The molecule has 4 aromatic rings. The van der Waals surface area contributed by atoms with Crippen molar-refractivity contribution in [2.45, 2.75) is 6.54 Å². The summed E-state index contributed by atoms with van der Waals surface area (Å²) in [4.78, 5) is 25.6. The summed E-state index contributed by atoms with van der Waals surface area (Å²) >= 11 is 0. The number of furan rings is 1. The molecule has 1 heterocycles. The van der Waals surface area contributed by atoms with E-state index in [4.69, 9.17) is 4.42 Å². The lowest BCUT2D eigenvalue weighted by atomic mass is 10.0. The highest BCUT2D eigenvalue weighted by atomic mass is 16.3. The molecule has 0 fully saturated rings. The first-order chi connectivity index (χ1) is 14.7. The molecular formula is C25H20N2O3. The van der Waals surface area contributed by atoms with Crippen LogP contribution in [-0.2, 0) is 11.3 Å². The first-order valence-corrected chi connectivity index (χ1v) is 9.57. The van der Waals surface area contributed by atoms with E-state index < -0.39 is 5.91 Å². The zero-order valence-electron chi connectivity index (χ0n) is 16.2. The van der Waals surface area contributed by atoms with Crippen molar-refractivity contribution in [2.24, 2.45) is 0 Å². The van der Waals surface area contributed by atoms with E-state index >= 15 is 0 Å². The van der Waals surface area contributed by atoms with Crippen LogP contribution in [0.15, 0.2) is 101 Å². The van der Waals surface area contributed by atoms with Crippen LogP contribution in [0.25, 0.3) is 16.8 Å². The number of fused-ring (bicyclic) bond motifs is 1. The van der Waals surface area contributed by atoms with Crippen LogP contribution in [-0.4, -0.2) is 11.8 Å². The van der Waals surface area contributed by atoms with Crippen molar-refractivity contribution in [3.8, 4) is 0 Å². The number of hydrogen-bond acceptors (Lipinski definition) is 3. The van der Waals surface area contributed by atoms with Crippen molar-refractivity contribution in [2.75, 3.05) is 0 Å². The third kappa shape index (κ3) is 4.47. The minimum atomic E-state index is -0.399. The summed E-state index contributed by atoms with van der Waals surface area (Å²) in [6, 6.07) is 26.1. The first-order valence-electron chi connectivity index (χ1n) is 9.57. The van der Waals surface area contributed by atoms with E-state index in [1.165, 1.54) is 0 Å². The molecule has 0 spiro atoms. The minimum Gasteiger partial charge on any atom is -0.467 e. The fraction of sp³-hybridized carbons (Fsp3) is 0.0400.